The number of ether oxygens (including phenoxy) is 1. The number of nitrogens with one attached hydrogen (secondary N) is 1. The number of H-pyrrole nitrogens is 1. The molecule has 34 heavy (non-hydrogen) atoms. The minimum absolute atomic E-state index is 0.114. The van der Waals surface area contributed by atoms with Gasteiger partial charge in [-0.05, 0) is 41.5 Å². The summed E-state index contributed by atoms with van der Waals surface area (Å²) in [5.74, 6) is 2.25. The molecular weight excluding hydrogens is 432 g/mol. The van der Waals surface area contributed by atoms with Crippen molar-refractivity contribution in [3.8, 4) is 29.4 Å². The molecule has 0 bridgehead atoms. The normalized spacial score (nSPS) is 14.9. The van der Waals surface area contributed by atoms with Crippen molar-refractivity contribution in [2.75, 3.05) is 18.6 Å². The average Bonchev–Trinajstić information content (AvgIpc) is 3.37. The van der Waals surface area contributed by atoms with Gasteiger partial charge in [0.2, 0.25) is 5.91 Å². The number of aromatic nitrogens is 3. The van der Waals surface area contributed by atoms with Gasteiger partial charge < -0.3 is 9.72 Å². The van der Waals surface area contributed by atoms with Crippen LogP contribution in [-0.4, -0.2) is 33.7 Å². The predicted octanol–water partition coefficient (Wildman–Crippen LogP) is 2.35. The number of nitrogens with zero attached hydrogens (tertiary/aromatic N) is 3. The van der Waals surface area contributed by atoms with Crippen molar-refractivity contribution < 1.29 is 9.53 Å². The zero-order valence-corrected chi connectivity index (χ0v) is 19.0. The quantitative estimate of drug-likeness (QED) is 0.480. The van der Waals surface area contributed by atoms with Gasteiger partial charge in [0, 0.05) is 25.3 Å². The van der Waals surface area contributed by atoms with Crippen LogP contribution in [0.1, 0.15) is 17.0 Å². The third-order valence-corrected chi connectivity index (χ3v) is 6.41. The molecule has 0 fully saturated rings. The Kier molecular flexibility index (Phi) is 4.91. The van der Waals surface area contributed by atoms with Gasteiger partial charge in [-0.1, -0.05) is 24.1 Å². The first-order valence-corrected chi connectivity index (χ1v) is 10.7. The third-order valence-electron chi connectivity index (χ3n) is 6.41. The van der Waals surface area contributed by atoms with Gasteiger partial charge in [0.25, 0.3) is 5.56 Å². The molecule has 1 atom stereocenters. The molecule has 0 radical (unpaired) electrons. The highest BCUT2D eigenvalue weighted by atomic mass is 16.5. The Morgan fingerprint density at radius 3 is 2.41 bits per heavy atom. The lowest BCUT2D eigenvalue weighted by molar-refractivity contribution is -0.118. The van der Waals surface area contributed by atoms with Crippen molar-refractivity contribution in [1.82, 2.24) is 14.1 Å². The minimum Gasteiger partial charge on any atom is -0.497 e. The van der Waals surface area contributed by atoms with Crippen LogP contribution in [0, 0.1) is 12.3 Å². The summed E-state index contributed by atoms with van der Waals surface area (Å²) in [5, 5.41) is 0.297. The number of anilines is 1. The van der Waals surface area contributed by atoms with Crippen molar-refractivity contribution in [3.63, 3.8) is 0 Å². The third kappa shape index (κ3) is 2.90. The number of para-hydroxylation sites is 1. The van der Waals surface area contributed by atoms with Gasteiger partial charge in [-0.2, -0.15) is 0 Å². The second kappa shape index (κ2) is 7.81. The summed E-state index contributed by atoms with van der Waals surface area (Å²) in [4.78, 5) is 44.6. The van der Waals surface area contributed by atoms with Crippen molar-refractivity contribution in [2.45, 2.75) is 5.92 Å². The Balaban J connectivity index is 1.89. The number of aryl methyl sites for hydroxylation is 1. The summed E-state index contributed by atoms with van der Waals surface area (Å²) in [6, 6.07) is 14.7. The number of methoxy groups -OCH3 is 1. The Morgan fingerprint density at radius 2 is 1.74 bits per heavy atom. The number of benzene rings is 2. The van der Waals surface area contributed by atoms with E-state index < -0.39 is 17.2 Å². The first-order valence-electron chi connectivity index (χ1n) is 10.7. The summed E-state index contributed by atoms with van der Waals surface area (Å²) < 4.78 is 7.72. The van der Waals surface area contributed by atoms with E-state index in [4.69, 9.17) is 11.2 Å². The van der Waals surface area contributed by atoms with E-state index >= 15 is 0 Å². The van der Waals surface area contributed by atoms with Crippen molar-refractivity contribution >= 4 is 22.6 Å². The lowest BCUT2D eigenvalue weighted by Gasteiger charge is -2.15. The average molecular weight is 454 g/mol. The molecular formula is C26H22N4O4. The van der Waals surface area contributed by atoms with Gasteiger partial charge >= 0.3 is 5.69 Å². The van der Waals surface area contributed by atoms with Crippen LogP contribution in [0.3, 0.4) is 0 Å². The number of carbonyl (C=O) groups is 1. The number of hydrogen-bond acceptors (Lipinski definition) is 4. The summed E-state index contributed by atoms with van der Waals surface area (Å²) in [5.41, 5.74) is 2.77. The van der Waals surface area contributed by atoms with E-state index in [-0.39, 0.29) is 12.5 Å². The molecule has 5 rings (SSSR count). The number of amides is 1. The largest absolute Gasteiger partial charge is 0.497 e. The van der Waals surface area contributed by atoms with E-state index in [9.17, 15) is 14.4 Å². The predicted molar refractivity (Wildman–Crippen MR) is 130 cm³/mol. The maximum absolute atomic E-state index is 13.7. The number of terminal acetylenes is 1. The number of hydrogen-bond donors (Lipinski definition) is 1. The summed E-state index contributed by atoms with van der Waals surface area (Å²) in [6.45, 7) is 0.114. The van der Waals surface area contributed by atoms with Gasteiger partial charge in [-0.3, -0.25) is 23.6 Å². The number of rotatable bonds is 4. The monoisotopic (exact) mass is 454 g/mol. The molecule has 8 heteroatoms. The molecule has 2 aromatic carbocycles. The zero-order chi connectivity index (χ0) is 24.1. The number of carbonyl (C=O) groups excluding carboxylic acids is 1. The molecule has 1 N–H and O–H groups in total. The van der Waals surface area contributed by atoms with Gasteiger partial charge in [0.1, 0.15) is 11.4 Å². The lowest BCUT2D eigenvalue weighted by Crippen LogP contribution is -2.37. The van der Waals surface area contributed by atoms with Crippen LogP contribution >= 0.6 is 0 Å². The van der Waals surface area contributed by atoms with Crippen LogP contribution < -0.4 is 20.9 Å². The molecule has 170 valence electrons. The first kappa shape index (κ1) is 21.3. The van der Waals surface area contributed by atoms with Crippen LogP contribution in [0.15, 0.2) is 58.1 Å². The fourth-order valence-electron chi connectivity index (χ4n) is 4.74. The highest BCUT2D eigenvalue weighted by molar-refractivity contribution is 6.10. The van der Waals surface area contributed by atoms with Crippen molar-refractivity contribution in [3.05, 3.63) is 80.5 Å². The highest BCUT2D eigenvalue weighted by Gasteiger charge is 2.41. The first-order chi connectivity index (χ1) is 16.4. The molecule has 0 aliphatic carbocycles. The maximum atomic E-state index is 13.7. The van der Waals surface area contributed by atoms with E-state index in [0.29, 0.717) is 33.7 Å². The standard InChI is InChI=1S/C26H22N4O4/c1-5-14-30-18-9-7-6-8-17(18)19(25(30)32)20-21-23(28(2)26(33)29(3)24(21)31)27-22(20)15-10-12-16(34-4)13-11-15/h1,6-13,19,27H,14H2,2-4H3/t19-/m1/s1. The molecule has 0 saturated carbocycles. The second-order valence-electron chi connectivity index (χ2n) is 8.19. The Labute approximate surface area is 195 Å². The molecule has 3 heterocycles. The fraction of sp³-hybridized carbons (Fsp3) is 0.192. The number of fused-ring (bicyclic) bond motifs is 2. The van der Waals surface area contributed by atoms with Crippen molar-refractivity contribution in [2.24, 2.45) is 14.1 Å². The highest BCUT2D eigenvalue weighted by Crippen LogP contribution is 2.45. The minimum atomic E-state index is -0.763. The molecule has 0 unspecified atom stereocenters. The number of aromatic amines is 1. The van der Waals surface area contributed by atoms with Crippen LogP contribution in [0.4, 0.5) is 5.69 Å². The van der Waals surface area contributed by atoms with Crippen LogP contribution in [0.5, 0.6) is 5.75 Å². The molecule has 0 spiro atoms. The fourth-order valence-corrected chi connectivity index (χ4v) is 4.74. The van der Waals surface area contributed by atoms with E-state index in [1.54, 1.807) is 31.2 Å². The van der Waals surface area contributed by atoms with Crippen LogP contribution in [0.25, 0.3) is 22.3 Å². The van der Waals surface area contributed by atoms with E-state index in [1.807, 2.05) is 36.4 Å². The van der Waals surface area contributed by atoms with Crippen LogP contribution in [-0.2, 0) is 18.9 Å². The molecule has 1 amide bonds. The maximum Gasteiger partial charge on any atom is 0.332 e. The Morgan fingerprint density at radius 1 is 1.03 bits per heavy atom. The Hall–Kier alpha value is -4.51. The molecule has 1 aliphatic heterocycles. The van der Waals surface area contributed by atoms with Crippen LogP contribution in [0.2, 0.25) is 0 Å². The summed E-state index contributed by atoms with van der Waals surface area (Å²) in [7, 11) is 4.61. The summed E-state index contributed by atoms with van der Waals surface area (Å²) >= 11 is 0. The molecule has 1 aliphatic rings. The van der Waals surface area contributed by atoms with Gasteiger partial charge in [0.15, 0.2) is 0 Å². The van der Waals surface area contributed by atoms with Gasteiger partial charge in [-0.15, -0.1) is 6.42 Å². The molecule has 2 aromatic heterocycles. The van der Waals surface area contributed by atoms with E-state index in [0.717, 1.165) is 15.7 Å². The van der Waals surface area contributed by atoms with Gasteiger partial charge in [-0.25, -0.2) is 4.79 Å². The van der Waals surface area contributed by atoms with E-state index in [1.165, 1.54) is 11.6 Å². The second-order valence-corrected chi connectivity index (χ2v) is 8.19. The van der Waals surface area contributed by atoms with E-state index in [2.05, 4.69) is 10.9 Å². The summed E-state index contributed by atoms with van der Waals surface area (Å²) in [6.07, 6.45) is 5.56. The zero-order valence-electron chi connectivity index (χ0n) is 19.0. The Bertz CT molecular complexity index is 1620. The van der Waals surface area contributed by atoms with Crippen molar-refractivity contribution in [1.29, 1.82) is 0 Å². The SMILES string of the molecule is C#CCN1C(=O)[C@@H](c2c(-c3ccc(OC)cc3)[nH]c3c2c(=O)n(C)c(=O)n3C)c2ccccc21. The van der Waals surface area contributed by atoms with Gasteiger partial charge in [0.05, 0.1) is 30.7 Å². The molecule has 0 saturated heterocycles. The lowest BCUT2D eigenvalue weighted by atomic mass is 9.89. The topological polar surface area (TPSA) is 89.3 Å². The molecule has 8 nitrogen and oxygen atoms in total. The molecule has 4 aromatic rings. The smallest absolute Gasteiger partial charge is 0.332 e.